The van der Waals surface area contributed by atoms with Crippen LogP contribution < -0.4 is 16.2 Å². The summed E-state index contributed by atoms with van der Waals surface area (Å²) >= 11 is 2.93. The van der Waals surface area contributed by atoms with Gasteiger partial charge in [0.25, 0.3) is 5.56 Å². The number of anilines is 2. The Kier molecular flexibility index (Phi) is 5.42. The van der Waals surface area contributed by atoms with Crippen LogP contribution in [0.4, 0.5) is 11.4 Å². The van der Waals surface area contributed by atoms with Crippen LogP contribution in [0.15, 0.2) is 46.6 Å². The maximum absolute atomic E-state index is 12.8. The maximum Gasteiger partial charge on any atom is 0.294 e. The quantitative estimate of drug-likeness (QED) is 0.495. The second kappa shape index (κ2) is 8.17. The lowest BCUT2D eigenvalue weighted by atomic mass is 10.2. The van der Waals surface area contributed by atoms with E-state index in [9.17, 15) is 14.4 Å². The molecule has 2 N–H and O–H groups in total. The van der Waals surface area contributed by atoms with E-state index in [-0.39, 0.29) is 18.4 Å². The van der Waals surface area contributed by atoms with Gasteiger partial charge in [-0.2, -0.15) is 5.10 Å². The lowest BCUT2D eigenvalue weighted by Crippen LogP contribution is -2.30. The molecular formula is C20H17N5O3S2. The number of hydrogen-bond donors (Lipinski definition) is 2. The Labute approximate surface area is 179 Å². The summed E-state index contributed by atoms with van der Waals surface area (Å²) < 4.78 is 1.88. The van der Waals surface area contributed by atoms with Gasteiger partial charge in [-0.25, -0.2) is 9.67 Å². The van der Waals surface area contributed by atoms with Gasteiger partial charge in [-0.15, -0.1) is 22.7 Å². The topological polar surface area (TPSA) is 106 Å². The third-order valence-electron chi connectivity index (χ3n) is 4.14. The first-order valence-corrected chi connectivity index (χ1v) is 10.7. The monoisotopic (exact) mass is 439 g/mol. The summed E-state index contributed by atoms with van der Waals surface area (Å²) in [6.07, 6.45) is 0. The van der Waals surface area contributed by atoms with Crippen molar-refractivity contribution in [2.75, 3.05) is 10.6 Å². The standard InChI is InChI=1S/C20H17N5O3S2/c1-11(26)21-13-5-7-14(8-6-13)23-16(27)10-25-20(28)18-19(30-12(2)22-18)17(24-25)15-4-3-9-29-15/h3-9H,10H2,1-2H3,(H,21,26)(H,23,27). The number of nitrogens with one attached hydrogen (secondary N) is 2. The highest BCUT2D eigenvalue weighted by Crippen LogP contribution is 2.31. The highest BCUT2D eigenvalue weighted by molar-refractivity contribution is 7.20. The van der Waals surface area contributed by atoms with E-state index in [1.807, 2.05) is 24.4 Å². The number of thiophene rings is 1. The predicted molar refractivity (Wildman–Crippen MR) is 119 cm³/mol. The molecule has 3 heterocycles. The van der Waals surface area contributed by atoms with Crippen molar-refractivity contribution in [1.82, 2.24) is 14.8 Å². The maximum atomic E-state index is 12.8. The molecule has 2 amide bonds. The molecule has 4 rings (SSSR count). The van der Waals surface area contributed by atoms with Crippen molar-refractivity contribution in [2.45, 2.75) is 20.4 Å². The zero-order chi connectivity index (χ0) is 21.3. The van der Waals surface area contributed by atoms with Gasteiger partial charge in [-0.1, -0.05) is 6.07 Å². The predicted octanol–water partition coefficient (Wildman–Crippen LogP) is 3.49. The number of aromatic nitrogens is 3. The highest BCUT2D eigenvalue weighted by Gasteiger charge is 2.18. The summed E-state index contributed by atoms with van der Waals surface area (Å²) in [6, 6.07) is 10.5. The van der Waals surface area contributed by atoms with Crippen LogP contribution in [-0.2, 0) is 16.1 Å². The number of fused-ring (bicyclic) bond motifs is 1. The van der Waals surface area contributed by atoms with E-state index in [0.29, 0.717) is 22.6 Å². The molecule has 0 aliphatic rings. The Morgan fingerprint density at radius 1 is 1.10 bits per heavy atom. The van der Waals surface area contributed by atoms with Gasteiger partial charge in [0, 0.05) is 18.3 Å². The van der Waals surface area contributed by atoms with Gasteiger partial charge in [-0.05, 0) is 42.6 Å². The van der Waals surface area contributed by atoms with Crippen LogP contribution in [0.1, 0.15) is 11.9 Å². The fourth-order valence-corrected chi connectivity index (χ4v) is 4.61. The third kappa shape index (κ3) is 4.14. The van der Waals surface area contributed by atoms with Gasteiger partial charge < -0.3 is 10.6 Å². The van der Waals surface area contributed by atoms with E-state index < -0.39 is 5.56 Å². The van der Waals surface area contributed by atoms with Crippen molar-refractivity contribution < 1.29 is 9.59 Å². The molecule has 0 bridgehead atoms. The van der Waals surface area contributed by atoms with Crippen LogP contribution in [0.3, 0.4) is 0 Å². The molecular weight excluding hydrogens is 422 g/mol. The average Bonchev–Trinajstić information content (AvgIpc) is 3.35. The van der Waals surface area contributed by atoms with Crippen LogP contribution in [0.5, 0.6) is 0 Å². The van der Waals surface area contributed by atoms with Gasteiger partial charge in [-0.3, -0.25) is 14.4 Å². The van der Waals surface area contributed by atoms with Crippen LogP contribution in [0.2, 0.25) is 0 Å². The zero-order valence-corrected chi connectivity index (χ0v) is 17.8. The first-order chi connectivity index (χ1) is 14.4. The van der Waals surface area contributed by atoms with Gasteiger partial charge in [0.2, 0.25) is 11.8 Å². The van der Waals surface area contributed by atoms with E-state index in [2.05, 4.69) is 20.7 Å². The minimum Gasteiger partial charge on any atom is -0.326 e. The Morgan fingerprint density at radius 2 is 1.80 bits per heavy atom. The largest absolute Gasteiger partial charge is 0.326 e. The summed E-state index contributed by atoms with van der Waals surface area (Å²) in [5.41, 5.74) is 1.75. The Balaban J connectivity index is 1.60. The summed E-state index contributed by atoms with van der Waals surface area (Å²) in [5, 5.41) is 12.6. The van der Waals surface area contributed by atoms with Gasteiger partial charge in [0.1, 0.15) is 12.2 Å². The molecule has 152 valence electrons. The second-order valence-corrected chi connectivity index (χ2v) is 8.66. The molecule has 10 heteroatoms. The molecule has 30 heavy (non-hydrogen) atoms. The fourth-order valence-electron chi connectivity index (χ4n) is 2.92. The molecule has 0 aliphatic carbocycles. The van der Waals surface area contributed by atoms with Gasteiger partial charge in [0.15, 0.2) is 5.52 Å². The minimum absolute atomic E-state index is 0.175. The number of nitrogens with zero attached hydrogens (tertiary/aromatic N) is 3. The van der Waals surface area contributed by atoms with Crippen LogP contribution in [0, 0.1) is 6.92 Å². The van der Waals surface area contributed by atoms with E-state index in [1.54, 1.807) is 24.3 Å². The lowest BCUT2D eigenvalue weighted by Gasteiger charge is -2.09. The molecule has 0 saturated carbocycles. The number of hydrogen-bond acceptors (Lipinski definition) is 7. The van der Waals surface area contributed by atoms with Crippen LogP contribution >= 0.6 is 22.7 Å². The molecule has 0 unspecified atom stereocenters. The molecule has 0 spiro atoms. The number of rotatable bonds is 5. The molecule has 0 radical (unpaired) electrons. The van der Waals surface area contributed by atoms with Crippen molar-refractivity contribution >= 4 is 56.1 Å². The van der Waals surface area contributed by atoms with E-state index >= 15 is 0 Å². The first kappa shape index (κ1) is 19.9. The van der Waals surface area contributed by atoms with Crippen LogP contribution in [-0.4, -0.2) is 26.6 Å². The third-order valence-corrected chi connectivity index (χ3v) is 6.00. The number of carbonyl (C=O) groups is 2. The van der Waals surface area contributed by atoms with E-state index in [0.717, 1.165) is 19.3 Å². The van der Waals surface area contributed by atoms with E-state index in [4.69, 9.17) is 0 Å². The summed E-state index contributed by atoms with van der Waals surface area (Å²) in [4.78, 5) is 41.7. The lowest BCUT2D eigenvalue weighted by molar-refractivity contribution is -0.117. The first-order valence-electron chi connectivity index (χ1n) is 9.00. The smallest absolute Gasteiger partial charge is 0.294 e. The summed E-state index contributed by atoms with van der Waals surface area (Å²) in [5.74, 6) is -0.563. The van der Waals surface area contributed by atoms with Gasteiger partial charge >= 0.3 is 0 Å². The minimum atomic E-state index is -0.397. The van der Waals surface area contributed by atoms with Crippen molar-refractivity contribution in [3.05, 3.63) is 57.1 Å². The Morgan fingerprint density at radius 3 is 2.43 bits per heavy atom. The Hall–Kier alpha value is -3.37. The van der Waals surface area contributed by atoms with Gasteiger partial charge in [0.05, 0.1) is 14.6 Å². The molecule has 0 atom stereocenters. The normalized spacial score (nSPS) is 10.9. The number of thiazole rings is 1. The number of carbonyl (C=O) groups excluding carboxylic acids is 2. The Bertz CT molecular complexity index is 1290. The molecule has 0 aliphatic heterocycles. The molecule has 1 aromatic carbocycles. The fraction of sp³-hybridized carbons (Fsp3) is 0.150. The average molecular weight is 440 g/mol. The van der Waals surface area contributed by atoms with Crippen molar-refractivity contribution in [3.8, 4) is 10.6 Å². The number of aryl methyl sites for hydroxylation is 1. The molecule has 4 aromatic rings. The van der Waals surface area contributed by atoms with E-state index in [1.165, 1.54) is 29.6 Å². The summed E-state index contributed by atoms with van der Waals surface area (Å²) in [7, 11) is 0. The molecule has 0 saturated heterocycles. The highest BCUT2D eigenvalue weighted by atomic mass is 32.1. The second-order valence-electron chi connectivity index (χ2n) is 6.51. The molecule has 3 aromatic heterocycles. The summed E-state index contributed by atoms with van der Waals surface area (Å²) in [6.45, 7) is 3.02. The SMILES string of the molecule is CC(=O)Nc1ccc(NC(=O)Cn2nc(-c3cccs3)c3sc(C)nc3c2=O)cc1. The van der Waals surface area contributed by atoms with Crippen molar-refractivity contribution in [2.24, 2.45) is 0 Å². The molecule has 8 nitrogen and oxygen atoms in total. The van der Waals surface area contributed by atoms with Crippen LogP contribution in [0.25, 0.3) is 20.8 Å². The number of amides is 2. The number of benzene rings is 1. The molecule has 0 fully saturated rings. The van der Waals surface area contributed by atoms with Crippen molar-refractivity contribution in [1.29, 1.82) is 0 Å². The zero-order valence-electron chi connectivity index (χ0n) is 16.1. The van der Waals surface area contributed by atoms with Crippen molar-refractivity contribution in [3.63, 3.8) is 0 Å².